The second-order valence-electron chi connectivity index (χ2n) is 4.55. The molecule has 0 bridgehead atoms. The van der Waals surface area contributed by atoms with Gasteiger partial charge >= 0.3 is 6.03 Å². The highest BCUT2D eigenvalue weighted by Gasteiger charge is 2.26. The maximum absolute atomic E-state index is 12.0. The Bertz CT molecular complexity index is 301. The third kappa shape index (κ3) is 3.80. The Kier molecular flexibility index (Phi) is 4.15. The van der Waals surface area contributed by atoms with Crippen LogP contribution in [0.4, 0.5) is 4.79 Å². The van der Waals surface area contributed by atoms with Gasteiger partial charge in [-0.3, -0.25) is 4.79 Å². The molecule has 1 atom stereocenters. The highest BCUT2D eigenvalue weighted by molar-refractivity contribution is 7.99. The predicted molar refractivity (Wildman–Crippen MR) is 68.1 cm³/mol. The molecular formula is C11H19N3O2S. The smallest absolute Gasteiger partial charge is 0.315 e. The zero-order valence-corrected chi connectivity index (χ0v) is 10.9. The van der Waals surface area contributed by atoms with Gasteiger partial charge in [-0.1, -0.05) is 0 Å². The topological polar surface area (TPSA) is 61.4 Å². The first-order valence-corrected chi connectivity index (χ1v) is 7.26. The minimum Gasteiger partial charge on any atom is -0.339 e. The van der Waals surface area contributed by atoms with Crippen molar-refractivity contribution >= 4 is 23.7 Å². The maximum atomic E-state index is 12.0. The average molecular weight is 257 g/mol. The number of amides is 3. The lowest BCUT2D eigenvalue weighted by Gasteiger charge is -2.29. The van der Waals surface area contributed by atoms with Gasteiger partial charge in [0.1, 0.15) is 6.04 Å². The molecule has 1 saturated heterocycles. The molecule has 0 aromatic carbocycles. The minimum absolute atomic E-state index is 0.0243. The van der Waals surface area contributed by atoms with Gasteiger partial charge in [0.2, 0.25) is 5.91 Å². The first-order chi connectivity index (χ1) is 8.16. The van der Waals surface area contributed by atoms with E-state index in [4.69, 9.17) is 0 Å². The van der Waals surface area contributed by atoms with Crippen molar-refractivity contribution in [3.63, 3.8) is 0 Å². The number of nitrogens with one attached hydrogen (secondary N) is 2. The van der Waals surface area contributed by atoms with Crippen molar-refractivity contribution in [2.45, 2.75) is 31.8 Å². The summed E-state index contributed by atoms with van der Waals surface area (Å²) in [5.74, 6) is 2.01. The van der Waals surface area contributed by atoms with Crippen LogP contribution in [0.3, 0.4) is 0 Å². The molecule has 2 N–H and O–H groups in total. The fourth-order valence-corrected chi connectivity index (χ4v) is 2.67. The molecule has 3 amide bonds. The number of urea groups is 1. The van der Waals surface area contributed by atoms with Crippen LogP contribution in [-0.2, 0) is 4.79 Å². The van der Waals surface area contributed by atoms with Crippen molar-refractivity contribution in [1.29, 1.82) is 0 Å². The lowest BCUT2D eigenvalue weighted by Crippen LogP contribution is -2.51. The zero-order chi connectivity index (χ0) is 12.3. The summed E-state index contributed by atoms with van der Waals surface area (Å²) in [6.07, 6.45) is 2.11. The molecule has 0 spiro atoms. The maximum Gasteiger partial charge on any atom is 0.315 e. The van der Waals surface area contributed by atoms with E-state index < -0.39 is 6.04 Å². The van der Waals surface area contributed by atoms with Crippen LogP contribution in [-0.4, -0.2) is 53.5 Å². The highest BCUT2D eigenvalue weighted by Crippen LogP contribution is 2.18. The molecule has 2 rings (SSSR count). The number of carbonyl (C=O) groups is 2. The van der Waals surface area contributed by atoms with Crippen LogP contribution in [0.2, 0.25) is 0 Å². The molecular weight excluding hydrogens is 238 g/mol. The normalized spacial score (nSPS) is 21.8. The highest BCUT2D eigenvalue weighted by atomic mass is 32.2. The Labute approximate surface area is 106 Å². The average Bonchev–Trinajstić information content (AvgIpc) is 3.12. The number of hydrogen-bond donors (Lipinski definition) is 2. The lowest BCUT2D eigenvalue weighted by atomic mass is 10.3. The summed E-state index contributed by atoms with van der Waals surface area (Å²) in [4.78, 5) is 25.3. The van der Waals surface area contributed by atoms with E-state index in [1.54, 1.807) is 6.92 Å². The van der Waals surface area contributed by atoms with Gasteiger partial charge in [0.05, 0.1) is 0 Å². The molecule has 0 aromatic rings. The van der Waals surface area contributed by atoms with Crippen molar-refractivity contribution in [3.8, 4) is 0 Å². The van der Waals surface area contributed by atoms with Crippen LogP contribution in [0, 0.1) is 0 Å². The molecule has 2 aliphatic rings. The molecule has 1 aliphatic carbocycles. The monoisotopic (exact) mass is 257 g/mol. The summed E-state index contributed by atoms with van der Waals surface area (Å²) in [6.45, 7) is 3.33. The van der Waals surface area contributed by atoms with Crippen LogP contribution in [0.1, 0.15) is 19.8 Å². The van der Waals surface area contributed by atoms with E-state index in [0.29, 0.717) is 6.04 Å². The molecule has 0 unspecified atom stereocenters. The standard InChI is InChI=1S/C11H19N3O2S/c1-8(12-11(16)13-9-2-3-9)10(15)14-4-6-17-7-5-14/h8-9H,2-7H2,1H3,(H2,12,13,16)/t8-/m1/s1. The Morgan fingerprint density at radius 3 is 2.53 bits per heavy atom. The molecule has 17 heavy (non-hydrogen) atoms. The summed E-state index contributed by atoms with van der Waals surface area (Å²) < 4.78 is 0. The summed E-state index contributed by atoms with van der Waals surface area (Å²) in [5, 5.41) is 5.52. The van der Waals surface area contributed by atoms with Crippen molar-refractivity contribution in [1.82, 2.24) is 15.5 Å². The number of hydrogen-bond acceptors (Lipinski definition) is 3. The van der Waals surface area contributed by atoms with Gasteiger partial charge in [0.25, 0.3) is 0 Å². The third-order valence-electron chi connectivity index (χ3n) is 2.95. The minimum atomic E-state index is -0.433. The van der Waals surface area contributed by atoms with Gasteiger partial charge in [0.15, 0.2) is 0 Å². The number of thioether (sulfide) groups is 1. The Balaban J connectivity index is 1.74. The van der Waals surface area contributed by atoms with E-state index in [1.807, 2.05) is 16.7 Å². The summed E-state index contributed by atoms with van der Waals surface area (Å²) in [6, 6.07) is -0.333. The predicted octanol–water partition coefficient (Wildman–Crippen LogP) is 0.412. The third-order valence-corrected chi connectivity index (χ3v) is 3.90. The van der Waals surface area contributed by atoms with Gasteiger partial charge in [-0.25, -0.2) is 4.79 Å². The van der Waals surface area contributed by atoms with Crippen molar-refractivity contribution < 1.29 is 9.59 Å². The summed E-state index contributed by atoms with van der Waals surface area (Å²) in [7, 11) is 0. The SMILES string of the molecule is C[C@@H](NC(=O)NC1CC1)C(=O)N1CCSCC1. The molecule has 6 heteroatoms. The number of nitrogens with zero attached hydrogens (tertiary/aromatic N) is 1. The first kappa shape index (κ1) is 12.5. The fourth-order valence-electron chi connectivity index (χ4n) is 1.77. The van der Waals surface area contributed by atoms with Crippen molar-refractivity contribution in [2.75, 3.05) is 24.6 Å². The van der Waals surface area contributed by atoms with E-state index in [2.05, 4.69) is 10.6 Å². The van der Waals surface area contributed by atoms with Crippen LogP contribution in [0.5, 0.6) is 0 Å². The molecule has 2 fully saturated rings. The van der Waals surface area contributed by atoms with Crippen LogP contribution >= 0.6 is 11.8 Å². The van der Waals surface area contributed by atoms with Crippen LogP contribution < -0.4 is 10.6 Å². The number of carbonyl (C=O) groups excluding carboxylic acids is 2. The molecule has 1 saturated carbocycles. The van der Waals surface area contributed by atoms with Gasteiger partial charge in [0, 0.05) is 30.6 Å². The zero-order valence-electron chi connectivity index (χ0n) is 10.1. The second kappa shape index (κ2) is 5.62. The van der Waals surface area contributed by atoms with E-state index >= 15 is 0 Å². The number of rotatable bonds is 3. The molecule has 96 valence electrons. The Morgan fingerprint density at radius 1 is 1.29 bits per heavy atom. The van der Waals surface area contributed by atoms with E-state index in [0.717, 1.165) is 37.4 Å². The summed E-state index contributed by atoms with van der Waals surface area (Å²) >= 11 is 1.86. The quantitative estimate of drug-likeness (QED) is 0.770. The molecule has 5 nitrogen and oxygen atoms in total. The van der Waals surface area contributed by atoms with E-state index in [9.17, 15) is 9.59 Å². The van der Waals surface area contributed by atoms with Crippen LogP contribution in [0.25, 0.3) is 0 Å². The molecule has 1 aliphatic heterocycles. The van der Waals surface area contributed by atoms with Crippen molar-refractivity contribution in [3.05, 3.63) is 0 Å². The van der Waals surface area contributed by atoms with Gasteiger partial charge in [-0.2, -0.15) is 11.8 Å². The van der Waals surface area contributed by atoms with E-state index in [1.165, 1.54) is 0 Å². The largest absolute Gasteiger partial charge is 0.339 e. The Morgan fingerprint density at radius 2 is 1.94 bits per heavy atom. The van der Waals surface area contributed by atoms with Crippen LogP contribution in [0.15, 0.2) is 0 Å². The molecule has 0 radical (unpaired) electrons. The molecule has 1 heterocycles. The second-order valence-corrected chi connectivity index (χ2v) is 5.78. The van der Waals surface area contributed by atoms with Gasteiger partial charge < -0.3 is 15.5 Å². The Hall–Kier alpha value is -0.910. The van der Waals surface area contributed by atoms with Gasteiger partial charge in [-0.05, 0) is 19.8 Å². The first-order valence-electron chi connectivity index (χ1n) is 6.10. The van der Waals surface area contributed by atoms with Crippen molar-refractivity contribution in [2.24, 2.45) is 0 Å². The molecule has 0 aromatic heterocycles. The fraction of sp³-hybridized carbons (Fsp3) is 0.818. The van der Waals surface area contributed by atoms with E-state index in [-0.39, 0.29) is 11.9 Å². The summed E-state index contributed by atoms with van der Waals surface area (Å²) in [5.41, 5.74) is 0. The lowest BCUT2D eigenvalue weighted by molar-refractivity contribution is -0.132. The van der Waals surface area contributed by atoms with Gasteiger partial charge in [-0.15, -0.1) is 0 Å².